The van der Waals surface area contributed by atoms with Gasteiger partial charge >= 0.3 is 0 Å². The van der Waals surface area contributed by atoms with Gasteiger partial charge in [-0.2, -0.15) is 0 Å². The fraction of sp³-hybridized carbons (Fsp3) is 0.481. The minimum absolute atomic E-state index is 0.0712. The molecule has 2 rings (SSSR count). The molecule has 0 aromatic heterocycles. The van der Waals surface area contributed by atoms with Gasteiger partial charge in [0.25, 0.3) is 0 Å². The van der Waals surface area contributed by atoms with E-state index in [0.29, 0.717) is 40.7 Å². The number of nitrogens with one attached hydrogen (secondary N) is 1. The number of carbonyl (C=O) groups excluding carboxylic acids is 2. The van der Waals surface area contributed by atoms with Gasteiger partial charge in [-0.3, -0.25) is 13.9 Å². The maximum atomic E-state index is 13.5. The average molecular weight is 571 g/mol. The quantitative estimate of drug-likeness (QED) is 0.301. The SMILES string of the molecule is CCCCNC(=O)[C@H](CC)N(Cc1ccc(Cl)cc1Cl)C(=O)CCCN(c1cccc(C)c1)S(C)(=O)=O. The molecule has 10 heteroatoms. The lowest BCUT2D eigenvalue weighted by molar-refractivity contribution is -0.141. The lowest BCUT2D eigenvalue weighted by Crippen LogP contribution is -2.49. The number of anilines is 1. The molecule has 0 aliphatic carbocycles. The van der Waals surface area contributed by atoms with Crippen molar-refractivity contribution in [1.29, 1.82) is 0 Å². The van der Waals surface area contributed by atoms with Crippen LogP contribution in [-0.4, -0.2) is 50.5 Å². The molecule has 0 unspecified atom stereocenters. The maximum absolute atomic E-state index is 13.5. The number of aryl methyl sites for hydroxylation is 1. The average Bonchev–Trinajstić information content (AvgIpc) is 2.82. The summed E-state index contributed by atoms with van der Waals surface area (Å²) in [6.45, 7) is 6.61. The van der Waals surface area contributed by atoms with Gasteiger partial charge < -0.3 is 10.2 Å². The van der Waals surface area contributed by atoms with Crippen molar-refractivity contribution < 1.29 is 18.0 Å². The zero-order valence-electron chi connectivity index (χ0n) is 22.0. The molecule has 0 radical (unpaired) electrons. The molecular weight excluding hydrogens is 533 g/mol. The van der Waals surface area contributed by atoms with E-state index in [1.54, 1.807) is 36.4 Å². The molecule has 2 amide bonds. The number of amides is 2. The van der Waals surface area contributed by atoms with Crippen molar-refractivity contribution in [2.24, 2.45) is 0 Å². The Bertz CT molecular complexity index is 1170. The van der Waals surface area contributed by atoms with Crippen LogP contribution in [0.2, 0.25) is 10.0 Å². The second kappa shape index (κ2) is 14.6. The summed E-state index contributed by atoms with van der Waals surface area (Å²) in [6.07, 6.45) is 3.73. The van der Waals surface area contributed by atoms with E-state index in [-0.39, 0.29) is 31.3 Å². The van der Waals surface area contributed by atoms with Crippen LogP contribution < -0.4 is 9.62 Å². The molecule has 37 heavy (non-hydrogen) atoms. The molecular formula is C27H37Cl2N3O4S. The van der Waals surface area contributed by atoms with Crippen molar-refractivity contribution >= 4 is 50.7 Å². The Kier molecular flexibility index (Phi) is 12.2. The standard InChI is InChI=1S/C27H37Cl2N3O4S/c1-5-7-15-30-27(34)25(6-2)31(19-21-13-14-22(28)18-24(21)29)26(33)12-9-16-32(37(4,35)36)23-11-8-10-20(3)17-23/h8,10-11,13-14,17-18,25H,5-7,9,12,15-16,19H2,1-4H3,(H,30,34)/t25-/m0/s1. The number of rotatable bonds is 14. The highest BCUT2D eigenvalue weighted by atomic mass is 35.5. The number of unbranched alkanes of at least 4 members (excludes halogenated alkanes) is 1. The number of benzene rings is 2. The Morgan fingerprint density at radius 1 is 1.05 bits per heavy atom. The minimum Gasteiger partial charge on any atom is -0.354 e. The lowest BCUT2D eigenvalue weighted by Gasteiger charge is -2.31. The summed E-state index contributed by atoms with van der Waals surface area (Å²) < 4.78 is 26.3. The van der Waals surface area contributed by atoms with Crippen molar-refractivity contribution in [3.05, 3.63) is 63.6 Å². The van der Waals surface area contributed by atoms with Crippen LogP contribution in [0.25, 0.3) is 0 Å². The van der Waals surface area contributed by atoms with Crippen LogP contribution in [0.3, 0.4) is 0 Å². The second-order valence-corrected chi connectivity index (χ2v) is 11.9. The van der Waals surface area contributed by atoms with Gasteiger partial charge in [-0.1, -0.05) is 61.7 Å². The number of hydrogen-bond acceptors (Lipinski definition) is 4. The van der Waals surface area contributed by atoms with Crippen molar-refractivity contribution in [3.63, 3.8) is 0 Å². The van der Waals surface area contributed by atoms with Gasteiger partial charge in [0, 0.05) is 36.1 Å². The smallest absolute Gasteiger partial charge is 0.242 e. The van der Waals surface area contributed by atoms with Crippen LogP contribution in [0.5, 0.6) is 0 Å². The number of sulfonamides is 1. The van der Waals surface area contributed by atoms with E-state index < -0.39 is 16.1 Å². The van der Waals surface area contributed by atoms with Crippen LogP contribution in [0.1, 0.15) is 57.1 Å². The highest BCUT2D eigenvalue weighted by Crippen LogP contribution is 2.25. The monoisotopic (exact) mass is 569 g/mol. The molecule has 7 nitrogen and oxygen atoms in total. The zero-order chi connectivity index (χ0) is 27.6. The largest absolute Gasteiger partial charge is 0.354 e. The van der Waals surface area contributed by atoms with Crippen LogP contribution in [0.15, 0.2) is 42.5 Å². The predicted molar refractivity (Wildman–Crippen MR) is 152 cm³/mol. The Hall–Kier alpha value is -2.29. The molecule has 0 spiro atoms. The van der Waals surface area contributed by atoms with Crippen molar-refractivity contribution in [2.75, 3.05) is 23.7 Å². The lowest BCUT2D eigenvalue weighted by atomic mass is 10.1. The summed E-state index contributed by atoms with van der Waals surface area (Å²) in [5.74, 6) is -0.465. The first kappa shape index (κ1) is 30.9. The summed E-state index contributed by atoms with van der Waals surface area (Å²) in [5.41, 5.74) is 2.17. The third-order valence-corrected chi connectivity index (χ3v) is 7.79. The van der Waals surface area contributed by atoms with Crippen molar-refractivity contribution in [1.82, 2.24) is 10.2 Å². The van der Waals surface area contributed by atoms with Crippen LogP contribution in [0.4, 0.5) is 5.69 Å². The van der Waals surface area contributed by atoms with Crippen molar-refractivity contribution in [3.8, 4) is 0 Å². The highest BCUT2D eigenvalue weighted by Gasteiger charge is 2.29. The molecule has 2 aromatic carbocycles. The summed E-state index contributed by atoms with van der Waals surface area (Å²) >= 11 is 12.4. The van der Waals surface area contributed by atoms with E-state index in [9.17, 15) is 18.0 Å². The second-order valence-electron chi connectivity index (χ2n) is 9.10. The first-order valence-corrected chi connectivity index (χ1v) is 15.1. The number of nitrogens with zero attached hydrogens (tertiary/aromatic N) is 2. The number of hydrogen-bond donors (Lipinski definition) is 1. The van der Waals surface area contributed by atoms with Gasteiger partial charge in [0.15, 0.2) is 0 Å². The minimum atomic E-state index is -3.54. The molecule has 0 bridgehead atoms. The molecule has 0 saturated heterocycles. The molecule has 204 valence electrons. The molecule has 0 saturated carbocycles. The first-order chi connectivity index (χ1) is 17.5. The third-order valence-electron chi connectivity index (χ3n) is 6.01. The van der Waals surface area contributed by atoms with Crippen LogP contribution >= 0.6 is 23.2 Å². The highest BCUT2D eigenvalue weighted by molar-refractivity contribution is 7.92. The Morgan fingerprint density at radius 3 is 2.38 bits per heavy atom. The van der Waals surface area contributed by atoms with Gasteiger partial charge in [-0.05, 0) is 61.6 Å². The van der Waals surface area contributed by atoms with E-state index in [2.05, 4.69) is 5.32 Å². The van der Waals surface area contributed by atoms with E-state index >= 15 is 0 Å². The fourth-order valence-corrected chi connectivity index (χ4v) is 5.47. The van der Waals surface area contributed by atoms with Crippen LogP contribution in [-0.2, 0) is 26.2 Å². The van der Waals surface area contributed by atoms with Gasteiger partial charge in [0.1, 0.15) is 6.04 Å². The van der Waals surface area contributed by atoms with Crippen molar-refractivity contribution in [2.45, 2.75) is 65.5 Å². The number of halogens is 2. The Labute approximate surface area is 231 Å². The molecule has 0 aliphatic heterocycles. The summed E-state index contributed by atoms with van der Waals surface area (Å²) in [6, 6.07) is 11.6. The molecule has 0 heterocycles. The maximum Gasteiger partial charge on any atom is 0.242 e. The fourth-order valence-electron chi connectivity index (χ4n) is 4.05. The van der Waals surface area contributed by atoms with E-state index in [1.165, 1.54) is 9.21 Å². The third kappa shape index (κ3) is 9.51. The summed E-state index contributed by atoms with van der Waals surface area (Å²) in [7, 11) is -3.54. The molecule has 1 atom stereocenters. The van der Waals surface area contributed by atoms with E-state index in [0.717, 1.165) is 24.7 Å². The van der Waals surface area contributed by atoms with Gasteiger partial charge in [0.05, 0.1) is 11.9 Å². The molecule has 2 aromatic rings. The van der Waals surface area contributed by atoms with Gasteiger partial charge in [-0.15, -0.1) is 0 Å². The van der Waals surface area contributed by atoms with Gasteiger partial charge in [-0.25, -0.2) is 8.42 Å². The first-order valence-electron chi connectivity index (χ1n) is 12.5. The molecule has 1 N–H and O–H groups in total. The van der Waals surface area contributed by atoms with Gasteiger partial charge in [0.2, 0.25) is 21.8 Å². The predicted octanol–water partition coefficient (Wildman–Crippen LogP) is 5.57. The molecule has 0 fully saturated rings. The molecule has 0 aliphatic rings. The Balaban J connectivity index is 2.23. The Morgan fingerprint density at radius 2 is 1.78 bits per heavy atom. The van der Waals surface area contributed by atoms with Crippen LogP contribution in [0, 0.1) is 6.92 Å². The number of carbonyl (C=O) groups is 2. The zero-order valence-corrected chi connectivity index (χ0v) is 24.3. The topological polar surface area (TPSA) is 86.8 Å². The van der Waals surface area contributed by atoms with E-state index in [1.807, 2.05) is 26.8 Å². The summed E-state index contributed by atoms with van der Waals surface area (Å²) in [5, 5.41) is 3.82. The van der Waals surface area contributed by atoms with E-state index in [4.69, 9.17) is 23.2 Å². The normalized spacial score (nSPS) is 12.2. The summed E-state index contributed by atoms with van der Waals surface area (Å²) in [4.78, 5) is 28.0.